The number of ether oxygens (including phenoxy) is 2. The van der Waals surface area contributed by atoms with Crippen molar-refractivity contribution in [3.63, 3.8) is 0 Å². The number of benzene rings is 2. The molecule has 0 bridgehead atoms. The van der Waals surface area contributed by atoms with Crippen molar-refractivity contribution in [3.05, 3.63) is 71.9 Å². The molecule has 7 heteroatoms. The summed E-state index contributed by atoms with van der Waals surface area (Å²) in [4.78, 5) is 8.59. The van der Waals surface area contributed by atoms with Gasteiger partial charge in [0.1, 0.15) is 23.1 Å². The molecule has 0 spiro atoms. The average Bonchev–Trinajstić information content (AvgIpc) is 3.23. The van der Waals surface area contributed by atoms with Crippen molar-refractivity contribution in [2.45, 2.75) is 19.6 Å². The highest BCUT2D eigenvalue weighted by Crippen LogP contribution is 2.40. The van der Waals surface area contributed by atoms with Crippen LogP contribution in [0.2, 0.25) is 0 Å². The van der Waals surface area contributed by atoms with E-state index in [2.05, 4.69) is 9.97 Å². The van der Waals surface area contributed by atoms with Crippen LogP contribution in [0.25, 0.3) is 16.7 Å². The Morgan fingerprint density at radius 3 is 2.71 bits per heavy atom. The van der Waals surface area contributed by atoms with Crippen LogP contribution in [0.5, 0.6) is 11.5 Å². The van der Waals surface area contributed by atoms with Crippen LogP contribution >= 0.6 is 0 Å². The van der Waals surface area contributed by atoms with Crippen LogP contribution in [-0.2, 0) is 11.3 Å². The smallest absolute Gasteiger partial charge is 0.165 e. The summed E-state index contributed by atoms with van der Waals surface area (Å²) in [5.41, 5.74) is 10.7. The number of aromatic nitrogens is 3. The topological polar surface area (TPSA) is 75.2 Å². The zero-order valence-corrected chi connectivity index (χ0v) is 15.1. The zero-order chi connectivity index (χ0) is 19.3. The molecule has 0 amide bonds. The van der Waals surface area contributed by atoms with E-state index in [4.69, 9.17) is 15.2 Å². The summed E-state index contributed by atoms with van der Waals surface area (Å²) < 4.78 is 27.3. The van der Waals surface area contributed by atoms with Crippen molar-refractivity contribution in [3.8, 4) is 17.2 Å². The number of anilines is 1. The summed E-state index contributed by atoms with van der Waals surface area (Å²) in [7, 11) is 0. The molecule has 28 heavy (non-hydrogen) atoms. The third-order valence-corrected chi connectivity index (χ3v) is 4.95. The fourth-order valence-electron chi connectivity index (χ4n) is 3.66. The largest absolute Gasteiger partial charge is 0.454 e. The molecule has 6 nitrogen and oxygen atoms in total. The number of halogens is 1. The molecule has 1 atom stereocenters. The van der Waals surface area contributed by atoms with Gasteiger partial charge in [-0.1, -0.05) is 12.1 Å². The summed E-state index contributed by atoms with van der Waals surface area (Å²) in [6.45, 7) is 2.47. The SMILES string of the molecule is CC1OCc2c1c1ncnc(N)c1n2-c1ccc(Oc2ccccc2F)cc1. The Kier molecular flexibility index (Phi) is 3.77. The van der Waals surface area contributed by atoms with E-state index < -0.39 is 5.82 Å². The second kappa shape index (κ2) is 6.31. The number of rotatable bonds is 3. The number of nitrogen functional groups attached to an aromatic ring is 1. The molecule has 2 N–H and O–H groups in total. The highest BCUT2D eigenvalue weighted by molar-refractivity contribution is 5.91. The van der Waals surface area contributed by atoms with Gasteiger partial charge in [-0.05, 0) is 43.3 Å². The molecule has 0 radical (unpaired) electrons. The molecule has 2 aromatic heterocycles. The monoisotopic (exact) mass is 376 g/mol. The first-order valence-corrected chi connectivity index (χ1v) is 8.91. The van der Waals surface area contributed by atoms with Gasteiger partial charge >= 0.3 is 0 Å². The van der Waals surface area contributed by atoms with Gasteiger partial charge in [0.25, 0.3) is 0 Å². The van der Waals surface area contributed by atoms with E-state index in [1.807, 2.05) is 23.6 Å². The maximum atomic E-state index is 13.8. The minimum atomic E-state index is -0.406. The molecule has 4 aromatic rings. The van der Waals surface area contributed by atoms with Gasteiger partial charge in [-0.3, -0.25) is 0 Å². The lowest BCUT2D eigenvalue weighted by molar-refractivity contribution is 0.0783. The van der Waals surface area contributed by atoms with Crippen LogP contribution in [0, 0.1) is 5.82 Å². The third-order valence-electron chi connectivity index (χ3n) is 4.95. The quantitative estimate of drug-likeness (QED) is 0.569. The number of para-hydroxylation sites is 1. The van der Waals surface area contributed by atoms with E-state index in [0.29, 0.717) is 18.2 Å². The van der Waals surface area contributed by atoms with E-state index in [1.54, 1.807) is 30.3 Å². The minimum absolute atomic E-state index is 0.0586. The standard InChI is InChI=1S/C21H17FN4O2/c1-12-18-16(10-27-12)26(20-19(18)24-11-25-21(20)23)13-6-8-14(9-7-13)28-17-5-3-2-4-15(17)22/h2-9,11-12H,10H2,1H3,(H2,23,24,25). The van der Waals surface area contributed by atoms with E-state index >= 15 is 0 Å². The molecule has 1 unspecified atom stereocenters. The molecule has 5 rings (SSSR count). The molecular weight excluding hydrogens is 359 g/mol. The predicted molar refractivity (Wildman–Crippen MR) is 103 cm³/mol. The van der Waals surface area contributed by atoms with Crippen LogP contribution in [0.1, 0.15) is 24.3 Å². The van der Waals surface area contributed by atoms with Crippen molar-refractivity contribution in [2.75, 3.05) is 5.73 Å². The number of nitrogens with two attached hydrogens (primary N) is 1. The normalized spacial score (nSPS) is 15.7. The Balaban J connectivity index is 1.59. The fraction of sp³-hybridized carbons (Fsp3) is 0.143. The van der Waals surface area contributed by atoms with Crippen LogP contribution in [0.15, 0.2) is 54.9 Å². The summed E-state index contributed by atoms with van der Waals surface area (Å²) in [5.74, 6) is 0.730. The van der Waals surface area contributed by atoms with Gasteiger partial charge in [-0.15, -0.1) is 0 Å². The van der Waals surface area contributed by atoms with E-state index in [9.17, 15) is 4.39 Å². The maximum Gasteiger partial charge on any atom is 0.165 e. The summed E-state index contributed by atoms with van der Waals surface area (Å²) in [6.07, 6.45) is 1.41. The van der Waals surface area contributed by atoms with Crippen molar-refractivity contribution >= 4 is 16.9 Å². The van der Waals surface area contributed by atoms with Gasteiger partial charge in [0.15, 0.2) is 17.4 Å². The van der Waals surface area contributed by atoms with Crippen LogP contribution < -0.4 is 10.5 Å². The van der Waals surface area contributed by atoms with Crippen LogP contribution in [0.3, 0.4) is 0 Å². The highest BCUT2D eigenvalue weighted by Gasteiger charge is 2.30. The minimum Gasteiger partial charge on any atom is -0.454 e. The molecular formula is C21H17FN4O2. The van der Waals surface area contributed by atoms with Gasteiger partial charge in [0, 0.05) is 11.3 Å². The van der Waals surface area contributed by atoms with E-state index in [-0.39, 0.29) is 11.9 Å². The Morgan fingerprint density at radius 1 is 1.14 bits per heavy atom. The predicted octanol–water partition coefficient (Wildman–Crippen LogP) is 4.53. The van der Waals surface area contributed by atoms with Gasteiger partial charge in [0.05, 0.1) is 18.4 Å². The van der Waals surface area contributed by atoms with Crippen LogP contribution in [-0.4, -0.2) is 14.5 Å². The van der Waals surface area contributed by atoms with Gasteiger partial charge < -0.3 is 19.8 Å². The summed E-state index contributed by atoms with van der Waals surface area (Å²) in [6, 6.07) is 13.7. The zero-order valence-electron chi connectivity index (χ0n) is 15.1. The first kappa shape index (κ1) is 16.7. The summed E-state index contributed by atoms with van der Waals surface area (Å²) >= 11 is 0. The fourth-order valence-corrected chi connectivity index (χ4v) is 3.66. The number of hydrogen-bond donors (Lipinski definition) is 1. The van der Waals surface area contributed by atoms with Gasteiger partial charge in [-0.25, -0.2) is 14.4 Å². The number of hydrogen-bond acceptors (Lipinski definition) is 5. The Hall–Kier alpha value is -3.45. The van der Waals surface area contributed by atoms with E-state index in [0.717, 1.165) is 28.0 Å². The maximum absolute atomic E-state index is 13.8. The molecule has 0 aliphatic carbocycles. The highest BCUT2D eigenvalue weighted by atomic mass is 19.1. The molecule has 3 heterocycles. The van der Waals surface area contributed by atoms with Crippen molar-refractivity contribution in [1.29, 1.82) is 0 Å². The molecule has 2 aromatic carbocycles. The number of fused-ring (bicyclic) bond motifs is 3. The Morgan fingerprint density at radius 2 is 1.93 bits per heavy atom. The second-order valence-electron chi connectivity index (χ2n) is 6.63. The molecule has 1 aliphatic rings. The van der Waals surface area contributed by atoms with E-state index in [1.165, 1.54) is 12.4 Å². The molecule has 140 valence electrons. The average molecular weight is 376 g/mol. The molecule has 1 aliphatic heterocycles. The molecule has 0 saturated heterocycles. The molecule has 0 fully saturated rings. The Bertz CT molecular complexity index is 1190. The Labute approximate surface area is 160 Å². The van der Waals surface area contributed by atoms with Crippen molar-refractivity contribution < 1.29 is 13.9 Å². The van der Waals surface area contributed by atoms with Gasteiger partial charge in [-0.2, -0.15) is 0 Å². The number of nitrogens with zero attached hydrogens (tertiary/aromatic N) is 3. The van der Waals surface area contributed by atoms with Gasteiger partial charge in [0.2, 0.25) is 0 Å². The lowest BCUT2D eigenvalue weighted by atomic mass is 10.1. The van der Waals surface area contributed by atoms with Crippen LogP contribution in [0.4, 0.5) is 10.2 Å². The summed E-state index contributed by atoms with van der Waals surface area (Å²) in [5, 5.41) is 0. The first-order valence-electron chi connectivity index (χ1n) is 8.91. The third kappa shape index (κ3) is 2.51. The van der Waals surface area contributed by atoms with Crippen molar-refractivity contribution in [1.82, 2.24) is 14.5 Å². The lowest BCUT2D eigenvalue weighted by Crippen LogP contribution is -2.03. The first-order chi connectivity index (χ1) is 13.6. The van der Waals surface area contributed by atoms with Crippen molar-refractivity contribution in [2.24, 2.45) is 0 Å². The second-order valence-corrected chi connectivity index (χ2v) is 6.63. The lowest BCUT2D eigenvalue weighted by Gasteiger charge is -2.12. The molecule has 0 saturated carbocycles.